The summed E-state index contributed by atoms with van der Waals surface area (Å²) in [6.45, 7) is 1.66. The smallest absolute Gasteiger partial charge is 0.361 e. The van der Waals surface area contributed by atoms with Gasteiger partial charge in [-0.05, 0) is 53.6 Å². The molecule has 0 bridgehead atoms. The van der Waals surface area contributed by atoms with Gasteiger partial charge in [0.15, 0.2) is 0 Å². The van der Waals surface area contributed by atoms with Gasteiger partial charge in [-0.3, -0.25) is 0 Å². The van der Waals surface area contributed by atoms with Crippen LogP contribution in [0.1, 0.15) is 31.2 Å². The van der Waals surface area contributed by atoms with Gasteiger partial charge in [0.1, 0.15) is 11.6 Å². The summed E-state index contributed by atoms with van der Waals surface area (Å²) in [6, 6.07) is 22.7. The molecule has 156 valence electrons. The molecule has 3 aromatic rings. The molecule has 0 aliphatic heterocycles. The van der Waals surface area contributed by atoms with Crippen LogP contribution in [0.15, 0.2) is 78.9 Å². The zero-order chi connectivity index (χ0) is 21.0. The molecule has 0 aromatic heterocycles. The quantitative estimate of drug-likeness (QED) is 0.315. The second-order valence-electron chi connectivity index (χ2n) is 7.31. The molecule has 0 aliphatic rings. The van der Waals surface area contributed by atoms with Gasteiger partial charge in [-0.25, -0.2) is 8.78 Å². The Morgan fingerprint density at radius 3 is 1.70 bits per heavy atom. The normalized spacial score (nSPS) is 10.9. The fourth-order valence-electron chi connectivity index (χ4n) is 3.29. The van der Waals surface area contributed by atoms with Crippen LogP contribution in [0.25, 0.3) is 0 Å². The number of benzene rings is 3. The van der Waals surface area contributed by atoms with Crippen LogP contribution in [0.2, 0.25) is 0 Å². The summed E-state index contributed by atoms with van der Waals surface area (Å²) in [5.74, 6) is -0.572. The first-order chi connectivity index (χ1) is 14.7. The Hall–Kier alpha value is -2.50. The standard InChI is InChI=1S/C25H27BF2O2/c27-24-14-10-22(11-15-24)26(23-12-16-25(28)17-13-23)30-19-7-2-1-6-18-29-20-21-8-4-3-5-9-21/h3-5,8-17H,1-2,6-7,18-20H2. The van der Waals surface area contributed by atoms with Crippen molar-refractivity contribution in [1.29, 1.82) is 0 Å². The van der Waals surface area contributed by atoms with E-state index in [0.717, 1.165) is 43.2 Å². The number of rotatable bonds is 12. The Balaban J connectivity index is 1.38. The van der Waals surface area contributed by atoms with Gasteiger partial charge >= 0.3 is 6.92 Å². The molecule has 0 fully saturated rings. The van der Waals surface area contributed by atoms with Crippen LogP contribution >= 0.6 is 0 Å². The van der Waals surface area contributed by atoms with Crippen LogP contribution in [0.4, 0.5) is 8.78 Å². The van der Waals surface area contributed by atoms with E-state index in [1.165, 1.54) is 29.8 Å². The van der Waals surface area contributed by atoms with E-state index in [1.54, 1.807) is 24.3 Å². The van der Waals surface area contributed by atoms with E-state index in [9.17, 15) is 8.78 Å². The van der Waals surface area contributed by atoms with Crippen molar-refractivity contribution in [3.63, 3.8) is 0 Å². The minimum absolute atomic E-state index is 0.286. The molecule has 5 heteroatoms. The van der Waals surface area contributed by atoms with Crippen molar-refractivity contribution in [1.82, 2.24) is 0 Å². The van der Waals surface area contributed by atoms with Gasteiger partial charge in [-0.1, -0.05) is 67.4 Å². The van der Waals surface area contributed by atoms with Crippen molar-refractivity contribution < 1.29 is 18.2 Å². The lowest BCUT2D eigenvalue weighted by Gasteiger charge is -2.15. The highest BCUT2D eigenvalue weighted by atomic mass is 19.1. The van der Waals surface area contributed by atoms with Crippen molar-refractivity contribution in [3.05, 3.63) is 96.1 Å². The average Bonchev–Trinajstić information content (AvgIpc) is 2.78. The molecule has 0 spiro atoms. The summed E-state index contributed by atoms with van der Waals surface area (Å²) < 4.78 is 38.4. The SMILES string of the molecule is Fc1ccc(B(OCCCCCCOCc2ccccc2)c2ccc(F)cc2)cc1. The van der Waals surface area contributed by atoms with Crippen LogP contribution in [0.5, 0.6) is 0 Å². The molecule has 0 saturated heterocycles. The van der Waals surface area contributed by atoms with Crippen molar-refractivity contribution in [2.75, 3.05) is 13.2 Å². The zero-order valence-electron chi connectivity index (χ0n) is 17.1. The van der Waals surface area contributed by atoms with Crippen molar-refractivity contribution in [2.45, 2.75) is 32.3 Å². The number of hydrogen-bond donors (Lipinski definition) is 0. The topological polar surface area (TPSA) is 18.5 Å². The van der Waals surface area contributed by atoms with Gasteiger partial charge in [0, 0.05) is 13.2 Å². The summed E-state index contributed by atoms with van der Waals surface area (Å²) >= 11 is 0. The van der Waals surface area contributed by atoms with E-state index < -0.39 is 0 Å². The Bertz CT molecular complexity index is 809. The summed E-state index contributed by atoms with van der Waals surface area (Å²) in [5, 5.41) is 0. The van der Waals surface area contributed by atoms with E-state index in [-0.39, 0.29) is 18.6 Å². The maximum absolute atomic E-state index is 13.3. The third kappa shape index (κ3) is 7.40. The first-order valence-corrected chi connectivity index (χ1v) is 10.5. The number of halogens is 2. The molecule has 3 aromatic carbocycles. The largest absolute Gasteiger partial charge is 0.427 e. The predicted molar refractivity (Wildman–Crippen MR) is 118 cm³/mol. The van der Waals surface area contributed by atoms with E-state index in [2.05, 4.69) is 12.1 Å². The molecule has 0 amide bonds. The van der Waals surface area contributed by atoms with Gasteiger partial charge in [0.2, 0.25) is 0 Å². The fourth-order valence-corrected chi connectivity index (χ4v) is 3.29. The van der Waals surface area contributed by atoms with E-state index in [1.807, 2.05) is 18.2 Å². The predicted octanol–water partition coefficient (Wildman–Crippen LogP) is 4.86. The molecule has 0 saturated carbocycles. The van der Waals surface area contributed by atoms with Crippen LogP contribution in [0, 0.1) is 11.6 Å². The molecule has 2 nitrogen and oxygen atoms in total. The minimum atomic E-state index is -0.333. The summed E-state index contributed by atoms with van der Waals surface area (Å²) in [4.78, 5) is 0. The number of hydrogen-bond acceptors (Lipinski definition) is 2. The Kier molecular flexibility index (Phi) is 9.07. The van der Waals surface area contributed by atoms with Crippen molar-refractivity contribution >= 4 is 17.8 Å². The lowest BCUT2D eigenvalue weighted by atomic mass is 9.55. The molecule has 30 heavy (non-hydrogen) atoms. The highest BCUT2D eigenvalue weighted by Crippen LogP contribution is 2.06. The second-order valence-corrected chi connectivity index (χ2v) is 7.31. The van der Waals surface area contributed by atoms with E-state index >= 15 is 0 Å². The third-order valence-corrected chi connectivity index (χ3v) is 4.92. The van der Waals surface area contributed by atoms with Crippen LogP contribution in [0.3, 0.4) is 0 Å². The van der Waals surface area contributed by atoms with Gasteiger partial charge in [0.05, 0.1) is 6.61 Å². The second kappa shape index (κ2) is 12.3. The van der Waals surface area contributed by atoms with Crippen molar-refractivity contribution in [2.24, 2.45) is 0 Å². The van der Waals surface area contributed by atoms with E-state index in [0.29, 0.717) is 13.2 Å². The lowest BCUT2D eigenvalue weighted by Crippen LogP contribution is -2.45. The summed E-state index contributed by atoms with van der Waals surface area (Å²) in [6.07, 6.45) is 4.08. The Labute approximate surface area is 178 Å². The molecule has 0 N–H and O–H groups in total. The molecule has 0 radical (unpaired) electrons. The average molecular weight is 408 g/mol. The fraction of sp³-hybridized carbons (Fsp3) is 0.280. The van der Waals surface area contributed by atoms with Gasteiger partial charge < -0.3 is 9.39 Å². The Morgan fingerprint density at radius 1 is 0.600 bits per heavy atom. The van der Waals surface area contributed by atoms with Crippen LogP contribution in [-0.2, 0) is 16.0 Å². The first kappa shape index (κ1) is 22.2. The molecule has 0 atom stereocenters. The maximum Gasteiger partial charge on any atom is 0.361 e. The Morgan fingerprint density at radius 2 is 1.13 bits per heavy atom. The molecule has 0 heterocycles. The highest BCUT2D eigenvalue weighted by molar-refractivity contribution is 6.80. The van der Waals surface area contributed by atoms with Crippen LogP contribution < -0.4 is 10.9 Å². The van der Waals surface area contributed by atoms with Gasteiger partial charge in [-0.2, -0.15) is 0 Å². The first-order valence-electron chi connectivity index (χ1n) is 10.5. The molecular weight excluding hydrogens is 381 g/mol. The lowest BCUT2D eigenvalue weighted by molar-refractivity contribution is 0.116. The summed E-state index contributed by atoms with van der Waals surface area (Å²) in [5.41, 5.74) is 2.91. The molecule has 0 aliphatic carbocycles. The van der Waals surface area contributed by atoms with Crippen LogP contribution in [-0.4, -0.2) is 20.1 Å². The number of unbranched alkanes of at least 4 members (excludes halogenated alkanes) is 3. The molecule has 0 unspecified atom stereocenters. The maximum atomic E-state index is 13.3. The molecular formula is C25H27BF2O2. The van der Waals surface area contributed by atoms with Gasteiger partial charge in [0.25, 0.3) is 0 Å². The summed E-state index contributed by atoms with van der Waals surface area (Å²) in [7, 11) is 0. The zero-order valence-corrected chi connectivity index (χ0v) is 17.1. The van der Waals surface area contributed by atoms with E-state index in [4.69, 9.17) is 9.39 Å². The number of ether oxygens (including phenoxy) is 1. The highest BCUT2D eigenvalue weighted by Gasteiger charge is 2.21. The van der Waals surface area contributed by atoms with Gasteiger partial charge in [-0.15, -0.1) is 0 Å². The third-order valence-electron chi connectivity index (χ3n) is 4.92. The van der Waals surface area contributed by atoms with Crippen molar-refractivity contribution in [3.8, 4) is 0 Å². The monoisotopic (exact) mass is 408 g/mol. The minimum Gasteiger partial charge on any atom is -0.427 e. The molecule has 3 rings (SSSR count).